The summed E-state index contributed by atoms with van der Waals surface area (Å²) in [6.45, 7) is 5.56. The molecule has 0 heterocycles. The summed E-state index contributed by atoms with van der Waals surface area (Å²) in [7, 11) is 1.69. The van der Waals surface area contributed by atoms with Crippen molar-refractivity contribution in [1.29, 1.82) is 0 Å². The quantitative estimate of drug-likeness (QED) is 0.599. The van der Waals surface area contributed by atoms with Crippen molar-refractivity contribution in [2.24, 2.45) is 5.73 Å². The van der Waals surface area contributed by atoms with Gasteiger partial charge in [-0.3, -0.25) is 0 Å². The van der Waals surface area contributed by atoms with Gasteiger partial charge in [0.2, 0.25) is 0 Å². The Morgan fingerprint density at radius 1 is 1.05 bits per heavy atom. The van der Waals surface area contributed by atoms with Crippen molar-refractivity contribution in [2.75, 3.05) is 46.8 Å². The van der Waals surface area contributed by atoms with Gasteiger partial charge in [0.15, 0.2) is 0 Å². The third-order valence-electron chi connectivity index (χ3n) is 2.92. The number of hydrogen-bond donors (Lipinski definition) is 1. The molecule has 1 aromatic rings. The zero-order valence-electron chi connectivity index (χ0n) is 13.0. The smallest absolute Gasteiger partial charge is 0.124 e. The summed E-state index contributed by atoms with van der Waals surface area (Å²) in [6.07, 6.45) is 0.901. The van der Waals surface area contributed by atoms with Crippen molar-refractivity contribution in [3.63, 3.8) is 0 Å². The Morgan fingerprint density at radius 2 is 1.81 bits per heavy atom. The first-order valence-corrected chi connectivity index (χ1v) is 7.41. The molecule has 21 heavy (non-hydrogen) atoms. The lowest BCUT2D eigenvalue weighted by Gasteiger charge is -2.16. The number of rotatable bonds is 12. The molecule has 1 atom stereocenters. The first-order valence-electron chi connectivity index (χ1n) is 7.41. The molecule has 5 nitrogen and oxygen atoms in total. The van der Waals surface area contributed by atoms with Crippen LogP contribution in [0.5, 0.6) is 5.75 Å². The van der Waals surface area contributed by atoms with Gasteiger partial charge in [-0.1, -0.05) is 18.2 Å². The molecule has 0 bridgehead atoms. The van der Waals surface area contributed by atoms with E-state index in [1.54, 1.807) is 7.11 Å². The molecule has 0 spiro atoms. The SMILES string of the molecule is CCOc1ccccc1C(N)COCCOCCCOC. The Morgan fingerprint density at radius 3 is 2.57 bits per heavy atom. The molecule has 5 heteroatoms. The van der Waals surface area contributed by atoms with Crippen molar-refractivity contribution in [3.05, 3.63) is 29.8 Å². The monoisotopic (exact) mass is 297 g/mol. The van der Waals surface area contributed by atoms with E-state index in [1.165, 1.54) is 0 Å². The molecule has 0 aliphatic rings. The van der Waals surface area contributed by atoms with Crippen LogP contribution in [0.3, 0.4) is 0 Å². The molecule has 1 unspecified atom stereocenters. The van der Waals surface area contributed by atoms with E-state index in [9.17, 15) is 0 Å². The maximum atomic E-state index is 6.14. The molecular weight excluding hydrogens is 270 g/mol. The predicted octanol–water partition coefficient (Wildman–Crippen LogP) is 2.15. The minimum Gasteiger partial charge on any atom is -0.494 e. The van der Waals surface area contributed by atoms with E-state index in [2.05, 4.69) is 0 Å². The standard InChI is InChI=1S/C16H27NO4/c1-3-21-16-8-5-4-7-14(16)15(17)13-20-12-11-19-10-6-9-18-2/h4-5,7-8,15H,3,6,9-13,17H2,1-2H3. The molecular formula is C16H27NO4. The zero-order valence-corrected chi connectivity index (χ0v) is 13.0. The van der Waals surface area contributed by atoms with Gasteiger partial charge in [0, 0.05) is 25.9 Å². The molecule has 0 aliphatic heterocycles. The lowest BCUT2D eigenvalue weighted by Crippen LogP contribution is -2.19. The first-order chi connectivity index (χ1) is 10.3. The second-order valence-electron chi connectivity index (χ2n) is 4.61. The average molecular weight is 297 g/mol. The van der Waals surface area contributed by atoms with E-state index in [4.69, 9.17) is 24.7 Å². The molecule has 0 amide bonds. The van der Waals surface area contributed by atoms with E-state index in [0.29, 0.717) is 33.0 Å². The Bertz CT molecular complexity index is 373. The third kappa shape index (κ3) is 7.43. The Labute approximate surface area is 127 Å². The third-order valence-corrected chi connectivity index (χ3v) is 2.92. The fourth-order valence-electron chi connectivity index (χ4n) is 1.90. The van der Waals surface area contributed by atoms with Gasteiger partial charge in [-0.15, -0.1) is 0 Å². The normalized spacial score (nSPS) is 12.3. The van der Waals surface area contributed by atoms with Gasteiger partial charge in [-0.25, -0.2) is 0 Å². The first kappa shape index (κ1) is 17.9. The lowest BCUT2D eigenvalue weighted by atomic mass is 10.1. The highest BCUT2D eigenvalue weighted by Gasteiger charge is 2.11. The second-order valence-corrected chi connectivity index (χ2v) is 4.61. The Balaban J connectivity index is 2.20. The van der Waals surface area contributed by atoms with Crippen LogP contribution in [0.15, 0.2) is 24.3 Å². The van der Waals surface area contributed by atoms with E-state index in [-0.39, 0.29) is 6.04 Å². The summed E-state index contributed by atoms with van der Waals surface area (Å²) >= 11 is 0. The summed E-state index contributed by atoms with van der Waals surface area (Å²) in [5, 5.41) is 0. The van der Waals surface area contributed by atoms with Crippen LogP contribution in [-0.2, 0) is 14.2 Å². The summed E-state index contributed by atoms with van der Waals surface area (Å²) < 4.78 is 21.5. The summed E-state index contributed by atoms with van der Waals surface area (Å²) in [6, 6.07) is 7.60. The topological polar surface area (TPSA) is 62.9 Å². The Kier molecular flexibility index (Phi) is 9.82. The highest BCUT2D eigenvalue weighted by molar-refractivity contribution is 5.35. The van der Waals surface area contributed by atoms with Crippen molar-refractivity contribution in [2.45, 2.75) is 19.4 Å². The second kappa shape index (κ2) is 11.5. The fourth-order valence-corrected chi connectivity index (χ4v) is 1.90. The van der Waals surface area contributed by atoms with Crippen molar-refractivity contribution in [3.8, 4) is 5.75 Å². The fraction of sp³-hybridized carbons (Fsp3) is 0.625. The summed E-state index contributed by atoms with van der Waals surface area (Å²) in [4.78, 5) is 0. The van der Waals surface area contributed by atoms with E-state index in [0.717, 1.165) is 24.3 Å². The number of nitrogens with two attached hydrogens (primary N) is 1. The largest absolute Gasteiger partial charge is 0.494 e. The highest BCUT2D eigenvalue weighted by Crippen LogP contribution is 2.23. The van der Waals surface area contributed by atoms with E-state index >= 15 is 0 Å². The predicted molar refractivity (Wildman–Crippen MR) is 82.7 cm³/mol. The van der Waals surface area contributed by atoms with Crippen molar-refractivity contribution in [1.82, 2.24) is 0 Å². The molecule has 0 radical (unpaired) electrons. The van der Waals surface area contributed by atoms with Crippen LogP contribution >= 0.6 is 0 Å². The van der Waals surface area contributed by atoms with Gasteiger partial charge in [-0.2, -0.15) is 0 Å². The van der Waals surface area contributed by atoms with Crippen LogP contribution in [0.4, 0.5) is 0 Å². The number of benzene rings is 1. The van der Waals surface area contributed by atoms with E-state index in [1.807, 2.05) is 31.2 Å². The molecule has 1 rings (SSSR count). The summed E-state index contributed by atoms with van der Waals surface area (Å²) in [5.74, 6) is 0.826. The minimum absolute atomic E-state index is 0.193. The van der Waals surface area contributed by atoms with Crippen LogP contribution in [0, 0.1) is 0 Å². The molecule has 0 saturated heterocycles. The van der Waals surface area contributed by atoms with Crippen LogP contribution in [-0.4, -0.2) is 46.8 Å². The van der Waals surface area contributed by atoms with Crippen LogP contribution < -0.4 is 10.5 Å². The van der Waals surface area contributed by atoms with Crippen LogP contribution in [0.2, 0.25) is 0 Å². The lowest BCUT2D eigenvalue weighted by molar-refractivity contribution is 0.0353. The van der Waals surface area contributed by atoms with Crippen molar-refractivity contribution < 1.29 is 18.9 Å². The number of para-hydroxylation sites is 1. The molecule has 0 fully saturated rings. The van der Waals surface area contributed by atoms with Gasteiger partial charge < -0.3 is 24.7 Å². The summed E-state index contributed by atoms with van der Waals surface area (Å²) in [5.41, 5.74) is 7.12. The van der Waals surface area contributed by atoms with E-state index < -0.39 is 0 Å². The minimum atomic E-state index is -0.193. The van der Waals surface area contributed by atoms with Gasteiger partial charge in [0.1, 0.15) is 5.75 Å². The molecule has 1 aromatic carbocycles. The molecule has 120 valence electrons. The molecule has 0 saturated carbocycles. The van der Waals surface area contributed by atoms with Gasteiger partial charge in [0.05, 0.1) is 32.5 Å². The number of methoxy groups -OCH3 is 1. The van der Waals surface area contributed by atoms with Gasteiger partial charge >= 0.3 is 0 Å². The van der Waals surface area contributed by atoms with Crippen LogP contribution in [0.1, 0.15) is 24.9 Å². The molecule has 0 aromatic heterocycles. The number of ether oxygens (including phenoxy) is 4. The maximum Gasteiger partial charge on any atom is 0.124 e. The number of hydrogen-bond acceptors (Lipinski definition) is 5. The Hall–Kier alpha value is -1.14. The molecule has 0 aliphatic carbocycles. The maximum absolute atomic E-state index is 6.14. The average Bonchev–Trinajstić information content (AvgIpc) is 2.50. The zero-order chi connectivity index (χ0) is 15.3. The van der Waals surface area contributed by atoms with Gasteiger partial charge in [-0.05, 0) is 19.4 Å². The van der Waals surface area contributed by atoms with Crippen LogP contribution in [0.25, 0.3) is 0 Å². The molecule has 2 N–H and O–H groups in total. The van der Waals surface area contributed by atoms with Gasteiger partial charge in [0.25, 0.3) is 0 Å². The highest BCUT2D eigenvalue weighted by atomic mass is 16.5. The van der Waals surface area contributed by atoms with Crippen molar-refractivity contribution >= 4 is 0 Å².